The van der Waals surface area contributed by atoms with E-state index in [2.05, 4.69) is 10.6 Å². The number of carbonyl (C=O) groups is 4. The zero-order chi connectivity index (χ0) is 23.6. The van der Waals surface area contributed by atoms with E-state index in [0.717, 1.165) is 6.07 Å². The lowest BCUT2D eigenvalue weighted by atomic mass is 9.91. The first kappa shape index (κ1) is 22.1. The minimum atomic E-state index is -1.45. The molecule has 1 saturated heterocycles. The Morgan fingerprint density at radius 3 is 2.61 bits per heavy atom. The van der Waals surface area contributed by atoms with Crippen LogP contribution < -0.4 is 25.4 Å². The van der Waals surface area contributed by atoms with Crippen molar-refractivity contribution in [1.82, 2.24) is 15.5 Å². The Morgan fingerprint density at radius 1 is 1.12 bits per heavy atom. The molecule has 2 heterocycles. The molecule has 11 heteroatoms. The minimum absolute atomic E-state index is 0.125. The standard InChI is InChI=1S/C22H21FN4O6/c1-22(13-7-8-16-17(11-13)33-10-4-9-32-16)19(29)27(21(31)26-22)12-18(28)25-20(30)24-15-6-3-2-5-14(15)23/h2-3,5-8,11H,4,9-10,12H2,1H3,(H,26,31)(H2,24,25,28,30). The van der Waals surface area contributed by atoms with Gasteiger partial charge in [0.15, 0.2) is 11.5 Å². The third kappa shape index (κ3) is 4.43. The summed E-state index contributed by atoms with van der Waals surface area (Å²) in [5.41, 5.74) is -1.12. The van der Waals surface area contributed by atoms with Gasteiger partial charge in [-0.1, -0.05) is 18.2 Å². The fraction of sp³-hybridized carbons (Fsp3) is 0.273. The normalized spacial score (nSPS) is 19.5. The number of rotatable bonds is 4. The van der Waals surface area contributed by atoms with Crippen molar-refractivity contribution >= 4 is 29.6 Å². The van der Waals surface area contributed by atoms with Crippen LogP contribution in [-0.4, -0.2) is 48.5 Å². The zero-order valence-corrected chi connectivity index (χ0v) is 17.6. The van der Waals surface area contributed by atoms with Gasteiger partial charge in [0, 0.05) is 6.42 Å². The van der Waals surface area contributed by atoms with Crippen LogP contribution in [0.4, 0.5) is 19.7 Å². The highest BCUT2D eigenvalue weighted by Gasteiger charge is 2.49. The number of hydrogen-bond acceptors (Lipinski definition) is 6. The van der Waals surface area contributed by atoms with Gasteiger partial charge in [-0.15, -0.1) is 0 Å². The van der Waals surface area contributed by atoms with Crippen LogP contribution in [0.2, 0.25) is 0 Å². The number of para-hydroxylation sites is 1. The Morgan fingerprint density at radius 2 is 1.85 bits per heavy atom. The molecule has 10 nitrogen and oxygen atoms in total. The maximum atomic E-state index is 13.6. The molecule has 0 saturated carbocycles. The predicted molar refractivity (Wildman–Crippen MR) is 113 cm³/mol. The van der Waals surface area contributed by atoms with Crippen molar-refractivity contribution in [2.24, 2.45) is 0 Å². The number of ether oxygens (including phenoxy) is 2. The number of imide groups is 2. The fourth-order valence-corrected chi connectivity index (χ4v) is 3.54. The number of carbonyl (C=O) groups excluding carboxylic acids is 4. The summed E-state index contributed by atoms with van der Waals surface area (Å²) >= 11 is 0. The van der Waals surface area contributed by atoms with Crippen molar-refractivity contribution in [2.75, 3.05) is 25.1 Å². The monoisotopic (exact) mass is 456 g/mol. The first-order valence-electron chi connectivity index (χ1n) is 10.2. The van der Waals surface area contributed by atoms with Crippen LogP contribution in [0.15, 0.2) is 42.5 Å². The van der Waals surface area contributed by atoms with Gasteiger partial charge in [0.2, 0.25) is 5.91 Å². The molecule has 2 aliphatic heterocycles. The van der Waals surface area contributed by atoms with Crippen LogP contribution in [0.1, 0.15) is 18.9 Å². The molecule has 1 unspecified atom stereocenters. The summed E-state index contributed by atoms with van der Waals surface area (Å²) in [7, 11) is 0. The average Bonchev–Trinajstić information content (AvgIpc) is 2.94. The molecule has 6 amide bonds. The van der Waals surface area contributed by atoms with Gasteiger partial charge in [-0.05, 0) is 36.8 Å². The topological polar surface area (TPSA) is 126 Å². The first-order valence-corrected chi connectivity index (χ1v) is 10.2. The van der Waals surface area contributed by atoms with Crippen molar-refractivity contribution in [2.45, 2.75) is 18.9 Å². The Balaban J connectivity index is 1.43. The summed E-state index contributed by atoms with van der Waals surface area (Å²) in [6, 6.07) is 8.53. The van der Waals surface area contributed by atoms with Gasteiger partial charge < -0.3 is 20.1 Å². The van der Waals surface area contributed by atoms with Crippen LogP contribution in [0.5, 0.6) is 11.5 Å². The third-order valence-electron chi connectivity index (χ3n) is 5.28. The molecule has 33 heavy (non-hydrogen) atoms. The molecule has 2 aromatic carbocycles. The van der Waals surface area contributed by atoms with Gasteiger partial charge in [-0.3, -0.25) is 19.8 Å². The number of hydrogen-bond donors (Lipinski definition) is 3. The predicted octanol–water partition coefficient (Wildman–Crippen LogP) is 2.10. The fourth-order valence-electron chi connectivity index (χ4n) is 3.54. The highest BCUT2D eigenvalue weighted by Crippen LogP contribution is 2.36. The van der Waals surface area contributed by atoms with Crippen LogP contribution in [0.3, 0.4) is 0 Å². The summed E-state index contributed by atoms with van der Waals surface area (Å²) in [6.45, 7) is 1.77. The quantitative estimate of drug-likeness (QED) is 0.605. The summed E-state index contributed by atoms with van der Waals surface area (Å²) in [4.78, 5) is 50.5. The van der Waals surface area contributed by atoms with E-state index < -0.39 is 41.8 Å². The third-order valence-corrected chi connectivity index (χ3v) is 5.28. The van der Waals surface area contributed by atoms with Gasteiger partial charge in [-0.25, -0.2) is 14.0 Å². The van der Waals surface area contributed by atoms with Crippen LogP contribution in [0.25, 0.3) is 0 Å². The molecule has 172 valence electrons. The number of nitrogens with zero attached hydrogens (tertiary/aromatic N) is 1. The Bertz CT molecular complexity index is 1140. The van der Waals surface area contributed by atoms with Crippen LogP contribution in [0, 0.1) is 5.82 Å². The molecule has 1 fully saturated rings. The summed E-state index contributed by atoms with van der Waals surface area (Å²) in [5, 5.41) is 6.75. The number of nitrogens with one attached hydrogen (secondary N) is 3. The van der Waals surface area contributed by atoms with Crippen molar-refractivity contribution in [3.05, 3.63) is 53.8 Å². The summed E-state index contributed by atoms with van der Waals surface area (Å²) in [5.74, 6) is -1.29. The van der Waals surface area contributed by atoms with E-state index in [0.29, 0.717) is 41.6 Å². The number of fused-ring (bicyclic) bond motifs is 1. The van der Waals surface area contributed by atoms with Crippen LogP contribution >= 0.6 is 0 Å². The Kier molecular flexibility index (Phi) is 5.86. The first-order chi connectivity index (χ1) is 15.8. The van der Waals surface area contributed by atoms with Crippen molar-refractivity contribution in [3.8, 4) is 11.5 Å². The molecular weight excluding hydrogens is 435 g/mol. The number of amides is 6. The lowest BCUT2D eigenvalue weighted by Gasteiger charge is -2.23. The molecule has 3 N–H and O–H groups in total. The maximum absolute atomic E-state index is 13.6. The SMILES string of the molecule is CC1(c2ccc3c(c2)OCCCO3)NC(=O)N(CC(=O)NC(=O)Nc2ccccc2F)C1=O. The van der Waals surface area contributed by atoms with Gasteiger partial charge in [0.1, 0.15) is 17.9 Å². The van der Waals surface area contributed by atoms with E-state index in [-0.39, 0.29) is 5.69 Å². The Labute approximate surface area is 188 Å². The average molecular weight is 456 g/mol. The van der Waals surface area contributed by atoms with E-state index in [9.17, 15) is 23.6 Å². The van der Waals surface area contributed by atoms with Gasteiger partial charge in [0.05, 0.1) is 18.9 Å². The smallest absolute Gasteiger partial charge is 0.326 e. The summed E-state index contributed by atoms with van der Waals surface area (Å²) < 4.78 is 24.9. The zero-order valence-electron chi connectivity index (χ0n) is 17.6. The molecule has 0 bridgehead atoms. The van der Waals surface area contributed by atoms with E-state index in [1.54, 1.807) is 18.2 Å². The molecule has 2 aliphatic rings. The number of urea groups is 2. The largest absolute Gasteiger partial charge is 0.490 e. The molecule has 0 aliphatic carbocycles. The van der Waals surface area contributed by atoms with E-state index in [4.69, 9.17) is 9.47 Å². The Hall–Kier alpha value is -4.15. The van der Waals surface area contributed by atoms with Gasteiger partial charge in [0.25, 0.3) is 5.91 Å². The second kappa shape index (κ2) is 8.77. The lowest BCUT2D eigenvalue weighted by Crippen LogP contribution is -2.45. The molecule has 0 spiro atoms. The van der Waals surface area contributed by atoms with Gasteiger partial charge in [-0.2, -0.15) is 0 Å². The van der Waals surface area contributed by atoms with Gasteiger partial charge >= 0.3 is 12.1 Å². The highest BCUT2D eigenvalue weighted by atomic mass is 19.1. The number of benzene rings is 2. The van der Waals surface area contributed by atoms with E-state index in [1.165, 1.54) is 25.1 Å². The summed E-state index contributed by atoms with van der Waals surface area (Å²) in [6.07, 6.45) is 0.713. The second-order valence-corrected chi connectivity index (χ2v) is 7.64. The maximum Gasteiger partial charge on any atom is 0.326 e. The lowest BCUT2D eigenvalue weighted by molar-refractivity contribution is -0.134. The van der Waals surface area contributed by atoms with Crippen molar-refractivity contribution in [1.29, 1.82) is 0 Å². The molecule has 4 rings (SSSR count). The number of anilines is 1. The van der Waals surface area contributed by atoms with E-state index in [1.807, 2.05) is 5.32 Å². The van der Waals surface area contributed by atoms with Crippen molar-refractivity contribution < 1.29 is 33.0 Å². The minimum Gasteiger partial charge on any atom is -0.490 e. The molecule has 0 aromatic heterocycles. The molecular formula is C22H21FN4O6. The highest BCUT2D eigenvalue weighted by molar-refractivity contribution is 6.10. The number of halogens is 1. The second-order valence-electron chi connectivity index (χ2n) is 7.64. The molecule has 2 aromatic rings. The van der Waals surface area contributed by atoms with Crippen LogP contribution in [-0.2, 0) is 15.1 Å². The van der Waals surface area contributed by atoms with E-state index >= 15 is 0 Å². The van der Waals surface area contributed by atoms with Crippen molar-refractivity contribution in [3.63, 3.8) is 0 Å². The molecule has 0 radical (unpaired) electrons. The molecule has 1 atom stereocenters.